The third-order valence-electron chi connectivity index (χ3n) is 14.8. The van der Waals surface area contributed by atoms with Crippen LogP contribution in [0.4, 0.5) is 4.79 Å². The second kappa shape index (κ2) is 24.5. The van der Waals surface area contributed by atoms with Crippen molar-refractivity contribution in [3.63, 3.8) is 0 Å². The molecule has 5 aliphatic heterocycles. The molecular formula is C59H70BBrN6O12. The third kappa shape index (κ3) is 13.3. The zero-order valence-corrected chi connectivity index (χ0v) is 47.9. The van der Waals surface area contributed by atoms with E-state index in [0.717, 1.165) is 92.8 Å². The Morgan fingerprint density at radius 2 is 1.22 bits per heavy atom. The summed E-state index contributed by atoms with van der Waals surface area (Å²) in [5.74, 6) is 1.67. The van der Waals surface area contributed by atoms with Crippen LogP contribution < -0.4 is 14.9 Å². The van der Waals surface area contributed by atoms with E-state index in [9.17, 15) is 14.4 Å². The number of nitrogens with zero attached hydrogens (tertiary/aromatic N) is 5. The molecule has 79 heavy (non-hydrogen) atoms. The fraction of sp³-hybridized carbons (Fsp3) is 0.441. The molecule has 2 unspecified atom stereocenters. The average Bonchev–Trinajstić information content (AvgIpc) is 4.52. The summed E-state index contributed by atoms with van der Waals surface area (Å²) in [6.07, 6.45) is 9.17. The van der Waals surface area contributed by atoms with Crippen LogP contribution in [0.5, 0.6) is 11.5 Å². The zero-order chi connectivity index (χ0) is 56.1. The summed E-state index contributed by atoms with van der Waals surface area (Å²) in [4.78, 5) is 42.7. The summed E-state index contributed by atoms with van der Waals surface area (Å²) in [5.41, 5.74) is 6.37. The second-order valence-corrected chi connectivity index (χ2v) is 22.7. The molecule has 5 aliphatic rings. The number of carbonyl (C=O) groups is 3. The molecule has 418 valence electrons. The van der Waals surface area contributed by atoms with Crippen LogP contribution in [0.15, 0.2) is 114 Å². The highest BCUT2D eigenvalue weighted by molar-refractivity contribution is 9.10. The standard InChI is InChI=1S/C24H25N3O4.C21H22BrNO4.C14H23BN2O4/c1-29-19-5-2-4-16(12-19)22-6-3-9-27(22)23(28)17-7-8-20(18-14-25-26-15-18)21(13-17)24-30-10-11-31-24;1-25-16-5-2-4-14(12-16)19-6-3-9-23(19)20(24)15-7-8-18(22)17(13-15)21-26-10-11-27-21;1-12(2,3)19-11(18)17-9-10(8-16-17)15-20-13(4,5)14(6,7)21-15/h2,4-5,7-8,12-15,22,24H,3,6,9-11H2,1H3,(H,25,26);2,4-5,7-8,12-13,19,21H,3,6,9-11H2,1H3;8-9H,1-7H3. The van der Waals surface area contributed by atoms with Gasteiger partial charge < -0.3 is 52.3 Å². The van der Waals surface area contributed by atoms with Crippen molar-refractivity contribution < 1.29 is 56.9 Å². The van der Waals surface area contributed by atoms with Gasteiger partial charge in [-0.05, 0) is 145 Å². The van der Waals surface area contributed by atoms with E-state index in [0.29, 0.717) is 43.0 Å². The van der Waals surface area contributed by atoms with Gasteiger partial charge >= 0.3 is 13.2 Å². The molecule has 1 N–H and O–H groups in total. The number of carbonyl (C=O) groups excluding carboxylic acids is 3. The number of halogens is 1. The van der Waals surface area contributed by atoms with Gasteiger partial charge in [-0.15, -0.1) is 0 Å². The molecule has 0 spiro atoms. The van der Waals surface area contributed by atoms with E-state index < -0.39 is 42.6 Å². The number of amides is 2. The molecule has 0 radical (unpaired) electrons. The highest BCUT2D eigenvalue weighted by Crippen LogP contribution is 2.40. The van der Waals surface area contributed by atoms with Crippen LogP contribution in [0, 0.1) is 0 Å². The molecule has 5 saturated heterocycles. The van der Waals surface area contributed by atoms with Crippen LogP contribution in [0.3, 0.4) is 0 Å². The molecule has 2 atom stereocenters. The maximum Gasteiger partial charge on any atom is 0.498 e. The van der Waals surface area contributed by atoms with Crippen molar-refractivity contribution in [1.82, 2.24) is 29.8 Å². The highest BCUT2D eigenvalue weighted by atomic mass is 79.9. The van der Waals surface area contributed by atoms with Crippen LogP contribution in [-0.2, 0) is 33.0 Å². The smallest absolute Gasteiger partial charge is 0.497 e. The van der Waals surface area contributed by atoms with Gasteiger partial charge in [0.2, 0.25) is 0 Å². The van der Waals surface area contributed by atoms with Crippen molar-refractivity contribution in [1.29, 1.82) is 0 Å². The van der Waals surface area contributed by atoms with Crippen LogP contribution in [-0.4, -0.2) is 125 Å². The Morgan fingerprint density at radius 3 is 1.72 bits per heavy atom. The molecule has 0 bridgehead atoms. The quantitative estimate of drug-likeness (QED) is 0.128. The Labute approximate surface area is 470 Å². The molecule has 7 heterocycles. The minimum Gasteiger partial charge on any atom is -0.497 e. The summed E-state index contributed by atoms with van der Waals surface area (Å²) >= 11 is 3.54. The molecule has 6 aromatic rings. The second-order valence-electron chi connectivity index (χ2n) is 21.8. The molecule has 2 amide bonds. The topological polar surface area (TPSA) is 187 Å². The number of aromatic amines is 1. The summed E-state index contributed by atoms with van der Waals surface area (Å²) in [7, 11) is 2.78. The highest BCUT2D eigenvalue weighted by Gasteiger charge is 2.52. The lowest BCUT2D eigenvalue weighted by atomic mass is 9.82. The maximum atomic E-state index is 13.5. The Morgan fingerprint density at radius 1 is 0.696 bits per heavy atom. The zero-order valence-electron chi connectivity index (χ0n) is 46.4. The number of rotatable bonds is 10. The number of nitrogens with one attached hydrogen (secondary N) is 1. The lowest BCUT2D eigenvalue weighted by molar-refractivity contribution is -0.0447. The molecule has 0 saturated carbocycles. The number of benzene rings is 4. The Bertz CT molecular complexity index is 3060. The normalized spacial score (nSPS) is 19.9. The van der Waals surface area contributed by atoms with Gasteiger partial charge in [0.15, 0.2) is 12.6 Å². The van der Waals surface area contributed by atoms with Crippen molar-refractivity contribution in [2.75, 3.05) is 53.7 Å². The van der Waals surface area contributed by atoms with Gasteiger partial charge in [-0.1, -0.05) is 46.3 Å². The summed E-state index contributed by atoms with van der Waals surface area (Å²) in [5, 5.41) is 10.9. The number of likely N-dealkylation sites (tertiary alicyclic amines) is 2. The molecule has 0 aliphatic carbocycles. The molecule has 2 aromatic heterocycles. The van der Waals surface area contributed by atoms with Gasteiger partial charge in [-0.2, -0.15) is 14.9 Å². The van der Waals surface area contributed by atoms with E-state index in [1.807, 2.05) is 137 Å². The summed E-state index contributed by atoms with van der Waals surface area (Å²) in [6.45, 7) is 17.0. The third-order valence-corrected chi connectivity index (χ3v) is 15.5. The summed E-state index contributed by atoms with van der Waals surface area (Å²) < 4.78 is 52.6. The SMILES string of the molecule is CC(C)(C)OC(=O)n1cc(B2OC(C)(C)C(C)(C)O2)cn1.COc1cccc(C2CCCN2C(=O)c2ccc(-c3cn[nH]c3)c(C3OCCO3)c2)c1.COc1cccc(C2CCCN2C(=O)c2ccc(Br)c(C3OCCO3)c2)c1. The molecule has 11 rings (SSSR count). The lowest BCUT2D eigenvalue weighted by Gasteiger charge is -2.32. The first-order valence-corrected chi connectivity index (χ1v) is 27.5. The van der Waals surface area contributed by atoms with Gasteiger partial charge in [0.25, 0.3) is 11.8 Å². The number of aromatic nitrogens is 4. The Kier molecular flexibility index (Phi) is 17.8. The van der Waals surface area contributed by atoms with Gasteiger partial charge in [-0.3, -0.25) is 14.7 Å². The van der Waals surface area contributed by atoms with E-state index in [1.54, 1.807) is 32.8 Å². The van der Waals surface area contributed by atoms with Gasteiger partial charge in [0, 0.05) is 69.4 Å². The monoisotopic (exact) mass is 1140 g/mol. The fourth-order valence-corrected chi connectivity index (χ4v) is 10.5. The van der Waals surface area contributed by atoms with E-state index in [2.05, 4.69) is 43.4 Å². The first kappa shape index (κ1) is 57.3. The minimum absolute atomic E-state index is 0.0170. The van der Waals surface area contributed by atoms with E-state index in [-0.39, 0.29) is 23.9 Å². The molecule has 20 heteroatoms. The number of hydrogen-bond acceptors (Lipinski definition) is 14. The van der Waals surface area contributed by atoms with Gasteiger partial charge in [0.05, 0.1) is 70.1 Å². The van der Waals surface area contributed by atoms with E-state index >= 15 is 0 Å². The summed E-state index contributed by atoms with van der Waals surface area (Å²) in [6, 6.07) is 27.4. The molecule has 4 aromatic carbocycles. The van der Waals surface area contributed by atoms with Crippen molar-refractivity contribution in [3.8, 4) is 22.6 Å². The number of methoxy groups -OCH3 is 2. The predicted molar refractivity (Wildman–Crippen MR) is 299 cm³/mol. The van der Waals surface area contributed by atoms with Crippen LogP contribution in [0.25, 0.3) is 11.1 Å². The van der Waals surface area contributed by atoms with Gasteiger partial charge in [-0.25, -0.2) is 4.79 Å². The minimum atomic E-state index is -0.562. The first-order chi connectivity index (χ1) is 37.8. The van der Waals surface area contributed by atoms with Crippen molar-refractivity contribution in [3.05, 3.63) is 148 Å². The lowest BCUT2D eigenvalue weighted by Crippen LogP contribution is -2.41. The Balaban J connectivity index is 0.000000147. The number of H-pyrrole nitrogens is 1. The van der Waals surface area contributed by atoms with Crippen molar-refractivity contribution in [2.45, 2.75) is 116 Å². The van der Waals surface area contributed by atoms with Crippen LogP contribution >= 0.6 is 15.9 Å². The number of hydrogen-bond donors (Lipinski definition) is 1. The fourth-order valence-electron chi connectivity index (χ4n) is 10.1. The maximum absolute atomic E-state index is 13.5. The van der Waals surface area contributed by atoms with E-state index in [4.69, 9.17) is 42.5 Å². The average molecular weight is 1150 g/mol. The Hall–Kier alpha value is -6.39. The van der Waals surface area contributed by atoms with E-state index in [1.165, 1.54) is 0 Å². The largest absolute Gasteiger partial charge is 0.498 e. The van der Waals surface area contributed by atoms with Crippen molar-refractivity contribution >= 4 is 46.4 Å². The molecule has 5 fully saturated rings. The van der Waals surface area contributed by atoms with Gasteiger partial charge in [0.1, 0.15) is 17.1 Å². The van der Waals surface area contributed by atoms with Crippen LogP contribution in [0.2, 0.25) is 0 Å². The van der Waals surface area contributed by atoms with Crippen LogP contribution in [0.1, 0.15) is 142 Å². The molecular weight excluding hydrogens is 1080 g/mol. The molecule has 18 nitrogen and oxygen atoms in total. The predicted octanol–water partition coefficient (Wildman–Crippen LogP) is 10.6. The number of ether oxygens (including phenoxy) is 7. The van der Waals surface area contributed by atoms with Crippen molar-refractivity contribution in [2.24, 2.45) is 0 Å². The first-order valence-electron chi connectivity index (χ1n) is 26.8.